The zero-order chi connectivity index (χ0) is 16.5. The molecule has 1 saturated heterocycles. The number of esters is 1. The van der Waals surface area contributed by atoms with Gasteiger partial charge in [-0.1, -0.05) is 0 Å². The number of hydrogen-bond donors (Lipinski definition) is 1. The van der Waals surface area contributed by atoms with Crippen LogP contribution in [0.2, 0.25) is 0 Å². The lowest BCUT2D eigenvalue weighted by molar-refractivity contribution is -0.116. The van der Waals surface area contributed by atoms with Crippen molar-refractivity contribution in [3.05, 3.63) is 18.0 Å². The Bertz CT molecular complexity index is 579. The minimum absolute atomic E-state index is 0.0177. The molecule has 1 atom stereocenters. The fourth-order valence-electron chi connectivity index (χ4n) is 2.75. The monoisotopic (exact) mass is 309 g/mol. The number of hydrogen-bond acceptors (Lipinski definition) is 4. The second-order valence-electron chi connectivity index (χ2n) is 6.22. The molecule has 7 heteroatoms. The first-order valence-electron chi connectivity index (χ1n) is 7.20. The van der Waals surface area contributed by atoms with Gasteiger partial charge in [0.1, 0.15) is 5.69 Å². The summed E-state index contributed by atoms with van der Waals surface area (Å²) in [5.41, 5.74) is 0.571. The van der Waals surface area contributed by atoms with Crippen LogP contribution in [0.5, 0.6) is 0 Å². The Hall–Kier alpha value is -2.02. The predicted octanol–water partition coefficient (Wildman–Crippen LogP) is 1.84. The van der Waals surface area contributed by atoms with E-state index in [0.717, 1.165) is 0 Å². The van der Waals surface area contributed by atoms with E-state index in [1.54, 1.807) is 28.8 Å². The summed E-state index contributed by atoms with van der Waals surface area (Å²) in [7, 11) is 3.05. The molecule has 122 valence electrons. The van der Waals surface area contributed by atoms with Crippen LogP contribution in [0.15, 0.2) is 12.3 Å². The van der Waals surface area contributed by atoms with Crippen molar-refractivity contribution < 1.29 is 19.1 Å². The zero-order valence-electron chi connectivity index (χ0n) is 13.7. The number of morpholine rings is 1. The maximum atomic E-state index is 12.4. The van der Waals surface area contributed by atoms with Gasteiger partial charge in [-0.25, -0.2) is 9.59 Å². The number of aryl methyl sites for hydroxylation is 1. The molecule has 7 nitrogen and oxygen atoms in total. The van der Waals surface area contributed by atoms with Crippen molar-refractivity contribution in [1.29, 1.82) is 0 Å². The third-order valence-corrected chi connectivity index (χ3v) is 3.51. The number of rotatable bonds is 2. The van der Waals surface area contributed by atoms with Crippen LogP contribution in [-0.2, 0) is 16.5 Å². The van der Waals surface area contributed by atoms with E-state index in [9.17, 15) is 9.59 Å². The van der Waals surface area contributed by atoms with Crippen LogP contribution in [-0.4, -0.2) is 53.4 Å². The molecule has 0 unspecified atom stereocenters. The fraction of sp³-hybridized carbons (Fsp3) is 0.600. The summed E-state index contributed by atoms with van der Waals surface area (Å²) in [4.78, 5) is 25.7. The lowest BCUT2D eigenvalue weighted by Gasteiger charge is -2.41. The van der Waals surface area contributed by atoms with E-state index in [0.29, 0.717) is 24.5 Å². The second kappa shape index (κ2) is 6.00. The summed E-state index contributed by atoms with van der Waals surface area (Å²) < 4.78 is 12.1. The minimum atomic E-state index is -0.441. The van der Waals surface area contributed by atoms with Gasteiger partial charge in [0.2, 0.25) is 0 Å². The van der Waals surface area contributed by atoms with Gasteiger partial charge in [-0.2, -0.15) is 0 Å². The van der Waals surface area contributed by atoms with Gasteiger partial charge < -0.3 is 24.3 Å². The van der Waals surface area contributed by atoms with Crippen molar-refractivity contribution in [2.75, 3.05) is 25.5 Å². The first kappa shape index (κ1) is 16.4. The third-order valence-electron chi connectivity index (χ3n) is 3.51. The number of methoxy groups -OCH3 is 1. The van der Waals surface area contributed by atoms with Gasteiger partial charge in [-0.15, -0.1) is 0 Å². The molecule has 1 aromatic heterocycles. The SMILES string of the molecule is COC(=O)c1cc(NC(=O)N2C[C@H](C)OC(C)(C)C2)cn1C. The number of aromatic nitrogens is 1. The van der Waals surface area contributed by atoms with Crippen LogP contribution in [0.25, 0.3) is 0 Å². The van der Waals surface area contributed by atoms with Crippen molar-refractivity contribution in [1.82, 2.24) is 9.47 Å². The van der Waals surface area contributed by atoms with Crippen LogP contribution in [0.4, 0.5) is 10.5 Å². The molecule has 2 heterocycles. The number of ether oxygens (including phenoxy) is 2. The Kier molecular flexibility index (Phi) is 4.46. The fourth-order valence-corrected chi connectivity index (χ4v) is 2.75. The molecule has 0 bridgehead atoms. The summed E-state index contributed by atoms with van der Waals surface area (Å²) in [5.74, 6) is -0.441. The maximum absolute atomic E-state index is 12.4. The van der Waals surface area contributed by atoms with Gasteiger partial charge in [0, 0.05) is 19.8 Å². The number of nitrogens with one attached hydrogen (secondary N) is 1. The highest BCUT2D eigenvalue weighted by atomic mass is 16.5. The van der Waals surface area contributed by atoms with Crippen molar-refractivity contribution in [2.45, 2.75) is 32.5 Å². The predicted molar refractivity (Wildman–Crippen MR) is 82.0 cm³/mol. The lowest BCUT2D eigenvalue weighted by Crippen LogP contribution is -2.54. The van der Waals surface area contributed by atoms with Crippen molar-refractivity contribution in [3.8, 4) is 0 Å². The summed E-state index contributed by atoms with van der Waals surface area (Å²) in [6.45, 7) is 6.91. The highest BCUT2D eigenvalue weighted by Crippen LogP contribution is 2.22. The Morgan fingerprint density at radius 2 is 2.14 bits per heavy atom. The first-order valence-corrected chi connectivity index (χ1v) is 7.20. The standard InChI is InChI=1S/C15H23N3O4/c1-10-7-18(9-15(2,3)22-10)14(20)16-11-6-12(13(19)21-5)17(4)8-11/h6,8,10H,7,9H2,1-5H3,(H,16,20)/t10-/m0/s1. The number of urea groups is 1. The number of carbonyl (C=O) groups excluding carboxylic acids is 2. The normalized spacial score (nSPS) is 20.6. The Balaban J connectivity index is 2.07. The lowest BCUT2D eigenvalue weighted by atomic mass is 10.1. The molecule has 1 N–H and O–H groups in total. The van der Waals surface area contributed by atoms with Crippen LogP contribution in [0, 0.1) is 0 Å². The molecule has 1 aliphatic heterocycles. The number of amides is 2. The maximum Gasteiger partial charge on any atom is 0.354 e. The van der Waals surface area contributed by atoms with Gasteiger partial charge in [-0.3, -0.25) is 0 Å². The molecular weight excluding hydrogens is 286 g/mol. The summed E-state index contributed by atoms with van der Waals surface area (Å²) in [6.07, 6.45) is 1.66. The highest BCUT2D eigenvalue weighted by Gasteiger charge is 2.33. The van der Waals surface area contributed by atoms with Crippen LogP contribution in [0.3, 0.4) is 0 Å². The third kappa shape index (κ3) is 3.59. The van der Waals surface area contributed by atoms with E-state index in [1.165, 1.54) is 7.11 Å². The average Bonchev–Trinajstić information content (AvgIpc) is 2.76. The Labute approximate surface area is 130 Å². The van der Waals surface area contributed by atoms with Gasteiger partial charge in [0.05, 0.1) is 31.0 Å². The molecule has 0 aliphatic carbocycles. The van der Waals surface area contributed by atoms with Gasteiger partial charge in [-0.05, 0) is 26.8 Å². The molecule has 2 rings (SSSR count). The van der Waals surface area contributed by atoms with Crippen LogP contribution in [0.1, 0.15) is 31.3 Å². The molecule has 1 fully saturated rings. The molecule has 2 amide bonds. The number of anilines is 1. The summed E-state index contributed by atoms with van der Waals surface area (Å²) in [6, 6.07) is 1.39. The van der Waals surface area contributed by atoms with E-state index in [1.807, 2.05) is 20.8 Å². The molecule has 0 spiro atoms. The zero-order valence-corrected chi connectivity index (χ0v) is 13.7. The Morgan fingerprint density at radius 3 is 2.73 bits per heavy atom. The molecule has 0 saturated carbocycles. The van der Waals surface area contributed by atoms with Crippen molar-refractivity contribution in [3.63, 3.8) is 0 Å². The summed E-state index contributed by atoms with van der Waals surface area (Å²) in [5, 5.41) is 2.81. The molecule has 22 heavy (non-hydrogen) atoms. The topological polar surface area (TPSA) is 72.8 Å². The van der Waals surface area contributed by atoms with E-state index < -0.39 is 5.97 Å². The van der Waals surface area contributed by atoms with Crippen LogP contribution >= 0.6 is 0 Å². The average molecular weight is 309 g/mol. The summed E-state index contributed by atoms with van der Waals surface area (Å²) >= 11 is 0. The Morgan fingerprint density at radius 1 is 1.45 bits per heavy atom. The van der Waals surface area contributed by atoms with Gasteiger partial charge >= 0.3 is 12.0 Å². The minimum Gasteiger partial charge on any atom is -0.464 e. The van der Waals surface area contributed by atoms with E-state index in [-0.39, 0.29) is 17.7 Å². The van der Waals surface area contributed by atoms with E-state index in [2.05, 4.69) is 5.32 Å². The molecule has 0 aromatic carbocycles. The number of nitrogens with zero attached hydrogens (tertiary/aromatic N) is 2. The van der Waals surface area contributed by atoms with E-state index in [4.69, 9.17) is 9.47 Å². The highest BCUT2D eigenvalue weighted by molar-refractivity contribution is 5.93. The molecule has 1 aromatic rings. The van der Waals surface area contributed by atoms with Gasteiger partial charge in [0.25, 0.3) is 0 Å². The van der Waals surface area contributed by atoms with Gasteiger partial charge in [0.15, 0.2) is 0 Å². The molecule has 1 aliphatic rings. The van der Waals surface area contributed by atoms with E-state index >= 15 is 0 Å². The molecule has 0 radical (unpaired) electrons. The smallest absolute Gasteiger partial charge is 0.354 e. The molecular formula is C15H23N3O4. The second-order valence-corrected chi connectivity index (χ2v) is 6.22. The number of carbonyl (C=O) groups is 2. The van der Waals surface area contributed by atoms with Crippen LogP contribution < -0.4 is 5.32 Å². The first-order chi connectivity index (χ1) is 10.2. The quantitative estimate of drug-likeness (QED) is 0.846. The largest absolute Gasteiger partial charge is 0.464 e. The van der Waals surface area contributed by atoms with Crippen molar-refractivity contribution >= 4 is 17.7 Å². The van der Waals surface area contributed by atoms with Crippen molar-refractivity contribution in [2.24, 2.45) is 7.05 Å².